The fraction of sp³-hybridized carbons (Fsp3) is 0.636. The Hall–Kier alpha value is -1.36. The first-order valence-corrected chi connectivity index (χ1v) is 5.78. The second kappa shape index (κ2) is 5.65. The number of rotatable bonds is 4. The molecule has 1 saturated heterocycles. The number of nitrogen functional groups attached to an aromatic ring is 1. The summed E-state index contributed by atoms with van der Waals surface area (Å²) in [5.41, 5.74) is 5.56. The zero-order chi connectivity index (χ0) is 11.2. The molecule has 16 heavy (non-hydrogen) atoms. The molecule has 2 rings (SSSR count). The Bertz CT molecular complexity index is 326. The van der Waals surface area contributed by atoms with Crippen molar-refractivity contribution in [1.82, 2.24) is 9.97 Å². The summed E-state index contributed by atoms with van der Waals surface area (Å²) in [6, 6.07) is 1.68. The highest BCUT2D eigenvalue weighted by atomic mass is 16.5. The highest BCUT2D eigenvalue weighted by molar-refractivity contribution is 5.34. The summed E-state index contributed by atoms with van der Waals surface area (Å²) in [7, 11) is 0. The van der Waals surface area contributed by atoms with Gasteiger partial charge >= 0.3 is 0 Å². The molecule has 0 amide bonds. The van der Waals surface area contributed by atoms with Gasteiger partial charge in [-0.05, 0) is 31.7 Å². The first-order chi connectivity index (χ1) is 7.84. The maximum atomic E-state index is 5.63. The van der Waals surface area contributed by atoms with Gasteiger partial charge in [-0.25, -0.2) is 4.98 Å². The van der Waals surface area contributed by atoms with Crippen LogP contribution in [0.2, 0.25) is 0 Å². The Morgan fingerprint density at radius 3 is 3.19 bits per heavy atom. The van der Waals surface area contributed by atoms with Crippen LogP contribution < -0.4 is 11.1 Å². The van der Waals surface area contributed by atoms with Crippen LogP contribution in [0, 0.1) is 0 Å². The molecule has 1 aliphatic heterocycles. The predicted octanol–water partition coefficient (Wildman–Crippen LogP) is 1.43. The van der Waals surface area contributed by atoms with E-state index in [4.69, 9.17) is 10.5 Å². The van der Waals surface area contributed by atoms with Gasteiger partial charge in [0.1, 0.15) is 5.82 Å². The number of nitrogens with two attached hydrogens (primary N) is 1. The van der Waals surface area contributed by atoms with Gasteiger partial charge in [0, 0.05) is 19.3 Å². The van der Waals surface area contributed by atoms with Crippen molar-refractivity contribution in [3.8, 4) is 0 Å². The Labute approximate surface area is 95.4 Å². The van der Waals surface area contributed by atoms with E-state index in [0.29, 0.717) is 17.9 Å². The van der Waals surface area contributed by atoms with Gasteiger partial charge in [0.15, 0.2) is 0 Å². The molecule has 5 heteroatoms. The van der Waals surface area contributed by atoms with Gasteiger partial charge in [0.05, 0.1) is 6.10 Å². The van der Waals surface area contributed by atoms with Gasteiger partial charge in [-0.3, -0.25) is 0 Å². The molecule has 1 aliphatic rings. The number of aromatic nitrogens is 2. The maximum Gasteiger partial charge on any atom is 0.224 e. The summed E-state index contributed by atoms with van der Waals surface area (Å²) >= 11 is 0. The van der Waals surface area contributed by atoms with E-state index in [1.54, 1.807) is 12.3 Å². The molecular weight excluding hydrogens is 204 g/mol. The lowest BCUT2D eigenvalue weighted by molar-refractivity contribution is 0.0134. The molecule has 1 unspecified atom stereocenters. The minimum absolute atomic E-state index is 0.391. The van der Waals surface area contributed by atoms with Gasteiger partial charge in [-0.15, -0.1) is 0 Å². The van der Waals surface area contributed by atoms with Gasteiger partial charge in [0.25, 0.3) is 0 Å². The zero-order valence-electron chi connectivity index (χ0n) is 9.35. The first-order valence-electron chi connectivity index (χ1n) is 5.78. The molecule has 0 radical (unpaired) electrons. The van der Waals surface area contributed by atoms with Gasteiger partial charge in [-0.2, -0.15) is 4.98 Å². The van der Waals surface area contributed by atoms with Gasteiger partial charge < -0.3 is 15.8 Å². The van der Waals surface area contributed by atoms with Crippen LogP contribution in [0.3, 0.4) is 0 Å². The van der Waals surface area contributed by atoms with Crippen LogP contribution in [0.4, 0.5) is 11.8 Å². The second-order valence-electron chi connectivity index (χ2n) is 4.01. The molecule has 1 aromatic heterocycles. The molecule has 5 nitrogen and oxygen atoms in total. The van der Waals surface area contributed by atoms with Crippen LogP contribution in [-0.2, 0) is 4.74 Å². The topological polar surface area (TPSA) is 73.1 Å². The number of hydrogen-bond acceptors (Lipinski definition) is 5. The number of nitrogens with one attached hydrogen (secondary N) is 1. The Morgan fingerprint density at radius 1 is 1.50 bits per heavy atom. The summed E-state index contributed by atoms with van der Waals surface area (Å²) in [5.74, 6) is 1.09. The van der Waals surface area contributed by atoms with Crippen molar-refractivity contribution >= 4 is 11.8 Å². The lowest BCUT2D eigenvalue weighted by Crippen LogP contribution is -2.22. The molecule has 1 fully saturated rings. The van der Waals surface area contributed by atoms with E-state index in [1.165, 1.54) is 19.3 Å². The van der Waals surface area contributed by atoms with Crippen molar-refractivity contribution in [2.24, 2.45) is 0 Å². The molecule has 0 spiro atoms. The molecule has 3 N–H and O–H groups in total. The monoisotopic (exact) mass is 222 g/mol. The van der Waals surface area contributed by atoms with Crippen molar-refractivity contribution in [1.29, 1.82) is 0 Å². The van der Waals surface area contributed by atoms with Crippen LogP contribution in [0.1, 0.15) is 25.7 Å². The third kappa shape index (κ3) is 3.34. The van der Waals surface area contributed by atoms with Gasteiger partial charge in [-0.1, -0.05) is 0 Å². The van der Waals surface area contributed by atoms with E-state index in [0.717, 1.165) is 19.6 Å². The molecule has 0 bridgehead atoms. The summed E-state index contributed by atoms with van der Waals surface area (Å²) < 4.78 is 5.63. The SMILES string of the molecule is Nc1ccnc(NCCC2CCCCO2)n1. The van der Waals surface area contributed by atoms with E-state index in [1.807, 2.05) is 0 Å². The first kappa shape index (κ1) is 11.1. The number of anilines is 2. The molecule has 0 saturated carbocycles. The standard InChI is InChI=1S/C11H18N4O/c12-10-5-7-14-11(15-10)13-6-4-9-3-1-2-8-16-9/h5,7,9H,1-4,6,8H2,(H3,12,13,14,15). The lowest BCUT2D eigenvalue weighted by atomic mass is 10.1. The molecule has 1 aromatic rings. The number of ether oxygens (including phenoxy) is 1. The van der Waals surface area contributed by atoms with Crippen molar-refractivity contribution in [3.63, 3.8) is 0 Å². The number of nitrogens with zero attached hydrogens (tertiary/aromatic N) is 2. The van der Waals surface area contributed by atoms with Gasteiger partial charge in [0.2, 0.25) is 5.95 Å². The summed E-state index contributed by atoms with van der Waals surface area (Å²) in [6.45, 7) is 1.73. The molecule has 0 aromatic carbocycles. The van der Waals surface area contributed by atoms with E-state index in [9.17, 15) is 0 Å². The maximum absolute atomic E-state index is 5.63. The predicted molar refractivity (Wildman–Crippen MR) is 63.1 cm³/mol. The molecule has 1 atom stereocenters. The largest absolute Gasteiger partial charge is 0.384 e. The summed E-state index contributed by atoms with van der Waals surface area (Å²) in [6.07, 6.45) is 6.68. The van der Waals surface area contributed by atoms with Crippen LogP contribution >= 0.6 is 0 Å². The van der Waals surface area contributed by atoms with Crippen LogP contribution in [0.5, 0.6) is 0 Å². The van der Waals surface area contributed by atoms with Crippen molar-refractivity contribution in [2.45, 2.75) is 31.8 Å². The summed E-state index contributed by atoms with van der Waals surface area (Å²) in [5, 5.41) is 3.15. The third-order valence-electron chi connectivity index (χ3n) is 2.70. The fourth-order valence-electron chi connectivity index (χ4n) is 1.84. The summed E-state index contributed by atoms with van der Waals surface area (Å²) in [4.78, 5) is 8.15. The number of hydrogen-bond donors (Lipinski definition) is 2. The average Bonchev–Trinajstić information content (AvgIpc) is 2.30. The van der Waals surface area contributed by atoms with Crippen LogP contribution in [0.25, 0.3) is 0 Å². The van der Waals surface area contributed by atoms with Crippen LogP contribution in [-0.4, -0.2) is 29.2 Å². The second-order valence-corrected chi connectivity index (χ2v) is 4.01. The molecular formula is C11H18N4O. The van der Waals surface area contributed by atoms with Crippen molar-refractivity contribution in [3.05, 3.63) is 12.3 Å². The Morgan fingerprint density at radius 2 is 2.44 bits per heavy atom. The normalized spacial score (nSPS) is 20.6. The quantitative estimate of drug-likeness (QED) is 0.806. The molecule has 0 aliphatic carbocycles. The third-order valence-corrected chi connectivity index (χ3v) is 2.70. The minimum Gasteiger partial charge on any atom is -0.384 e. The van der Waals surface area contributed by atoms with Crippen molar-refractivity contribution in [2.75, 3.05) is 24.2 Å². The fourth-order valence-corrected chi connectivity index (χ4v) is 1.84. The van der Waals surface area contributed by atoms with E-state index in [2.05, 4.69) is 15.3 Å². The van der Waals surface area contributed by atoms with E-state index >= 15 is 0 Å². The molecule has 88 valence electrons. The molecule has 2 heterocycles. The zero-order valence-corrected chi connectivity index (χ0v) is 9.35. The average molecular weight is 222 g/mol. The van der Waals surface area contributed by atoms with E-state index in [-0.39, 0.29) is 0 Å². The van der Waals surface area contributed by atoms with Crippen LogP contribution in [0.15, 0.2) is 12.3 Å². The minimum atomic E-state index is 0.391. The Kier molecular flexibility index (Phi) is 3.93. The highest BCUT2D eigenvalue weighted by Gasteiger charge is 2.13. The smallest absolute Gasteiger partial charge is 0.224 e. The van der Waals surface area contributed by atoms with Crippen molar-refractivity contribution < 1.29 is 4.74 Å². The van der Waals surface area contributed by atoms with E-state index < -0.39 is 0 Å². The lowest BCUT2D eigenvalue weighted by Gasteiger charge is -2.22. The highest BCUT2D eigenvalue weighted by Crippen LogP contribution is 2.15. The Balaban J connectivity index is 1.71.